The summed E-state index contributed by atoms with van der Waals surface area (Å²) in [7, 11) is 2.97. The van der Waals surface area contributed by atoms with Crippen molar-refractivity contribution in [2.45, 2.75) is 13.0 Å². The second-order valence-electron chi connectivity index (χ2n) is 6.75. The van der Waals surface area contributed by atoms with Crippen LogP contribution in [0.15, 0.2) is 42.5 Å². The van der Waals surface area contributed by atoms with Gasteiger partial charge in [-0.3, -0.25) is 4.79 Å². The van der Waals surface area contributed by atoms with Crippen molar-refractivity contribution >= 4 is 23.3 Å². The number of morpholine rings is 1. The van der Waals surface area contributed by atoms with Gasteiger partial charge >= 0.3 is 5.97 Å². The van der Waals surface area contributed by atoms with Gasteiger partial charge in [-0.2, -0.15) is 0 Å². The Morgan fingerprint density at radius 1 is 1.03 bits per heavy atom. The third kappa shape index (κ3) is 5.21. The molecule has 1 amide bonds. The number of carbonyl (C=O) groups is 2. The number of nitrogens with zero attached hydrogens (tertiary/aromatic N) is 1. The molecule has 2 aromatic carbocycles. The fraction of sp³-hybridized carbons (Fsp3) is 0.364. The number of carbonyl (C=O) groups excluding carboxylic acids is 2. The molecule has 0 bridgehead atoms. The molecule has 1 atom stereocenters. The number of amides is 1. The molecule has 3 rings (SSSR count). The van der Waals surface area contributed by atoms with Crippen molar-refractivity contribution in [1.29, 1.82) is 0 Å². The van der Waals surface area contributed by atoms with Crippen LogP contribution in [0.25, 0.3) is 0 Å². The zero-order valence-corrected chi connectivity index (χ0v) is 17.3. The number of hydrogen-bond donors (Lipinski definition) is 1. The number of anilines is 2. The van der Waals surface area contributed by atoms with E-state index in [9.17, 15) is 9.59 Å². The molecule has 0 aromatic heterocycles. The number of ether oxygens (including phenoxy) is 4. The predicted octanol–water partition coefficient (Wildman–Crippen LogP) is 2.72. The Bertz CT molecular complexity index is 878. The van der Waals surface area contributed by atoms with Gasteiger partial charge in [0.1, 0.15) is 17.1 Å². The largest absolute Gasteiger partial charge is 0.497 e. The standard InChI is InChI=1S/C22H26N2O6/c1-15(30-22(26)19-9-8-18(27-2)14-20(19)28-3)21(25)23-16-4-6-17(7-5-16)24-10-12-29-13-11-24/h4-9,14-15H,10-13H2,1-3H3,(H,23,25). The lowest BCUT2D eigenvalue weighted by Gasteiger charge is -2.28. The molecule has 2 aromatic rings. The van der Waals surface area contributed by atoms with E-state index in [0.717, 1.165) is 18.8 Å². The average molecular weight is 414 g/mol. The van der Waals surface area contributed by atoms with Crippen LogP contribution in [0.1, 0.15) is 17.3 Å². The number of benzene rings is 2. The van der Waals surface area contributed by atoms with Crippen LogP contribution in [0.3, 0.4) is 0 Å². The van der Waals surface area contributed by atoms with Gasteiger partial charge in [-0.25, -0.2) is 4.79 Å². The highest BCUT2D eigenvalue weighted by Crippen LogP contribution is 2.25. The van der Waals surface area contributed by atoms with Crippen molar-refractivity contribution in [2.24, 2.45) is 0 Å². The van der Waals surface area contributed by atoms with Crippen LogP contribution >= 0.6 is 0 Å². The molecular formula is C22H26N2O6. The molecule has 1 fully saturated rings. The van der Waals surface area contributed by atoms with Crippen molar-refractivity contribution < 1.29 is 28.5 Å². The van der Waals surface area contributed by atoms with Gasteiger partial charge in [0.25, 0.3) is 5.91 Å². The summed E-state index contributed by atoms with van der Waals surface area (Å²) >= 11 is 0. The third-order valence-corrected chi connectivity index (χ3v) is 4.79. The monoisotopic (exact) mass is 414 g/mol. The van der Waals surface area contributed by atoms with Gasteiger partial charge in [-0.05, 0) is 43.3 Å². The van der Waals surface area contributed by atoms with Gasteiger partial charge in [0.15, 0.2) is 6.10 Å². The maximum Gasteiger partial charge on any atom is 0.342 e. The summed E-state index contributed by atoms with van der Waals surface area (Å²) in [5.74, 6) is -0.213. The molecule has 1 aliphatic rings. The second-order valence-corrected chi connectivity index (χ2v) is 6.75. The summed E-state index contributed by atoms with van der Waals surface area (Å²) in [5.41, 5.74) is 1.91. The molecule has 1 aliphatic heterocycles. The quantitative estimate of drug-likeness (QED) is 0.697. The van der Waals surface area contributed by atoms with E-state index in [0.29, 0.717) is 30.4 Å². The topological polar surface area (TPSA) is 86.3 Å². The number of hydrogen-bond acceptors (Lipinski definition) is 7. The summed E-state index contributed by atoms with van der Waals surface area (Å²) in [6, 6.07) is 12.3. The minimum absolute atomic E-state index is 0.216. The second kappa shape index (κ2) is 9.98. The molecule has 160 valence electrons. The molecule has 1 unspecified atom stereocenters. The lowest BCUT2D eigenvalue weighted by Crippen LogP contribution is -2.36. The van der Waals surface area contributed by atoms with E-state index < -0.39 is 18.0 Å². The molecule has 8 heteroatoms. The van der Waals surface area contributed by atoms with Crippen LogP contribution in [-0.4, -0.2) is 58.5 Å². The smallest absolute Gasteiger partial charge is 0.342 e. The molecular weight excluding hydrogens is 388 g/mol. The summed E-state index contributed by atoms with van der Waals surface area (Å²) < 4.78 is 21.0. The van der Waals surface area contributed by atoms with Gasteiger partial charge < -0.3 is 29.2 Å². The Balaban J connectivity index is 1.58. The van der Waals surface area contributed by atoms with Gasteiger partial charge in [0, 0.05) is 30.5 Å². The normalized spacial score (nSPS) is 14.6. The molecule has 1 saturated heterocycles. The zero-order chi connectivity index (χ0) is 21.5. The van der Waals surface area contributed by atoms with Crippen molar-refractivity contribution in [2.75, 3.05) is 50.7 Å². The molecule has 0 aliphatic carbocycles. The lowest BCUT2D eigenvalue weighted by molar-refractivity contribution is -0.123. The van der Waals surface area contributed by atoms with E-state index in [2.05, 4.69) is 10.2 Å². The van der Waals surface area contributed by atoms with Crippen molar-refractivity contribution in [3.63, 3.8) is 0 Å². The summed E-state index contributed by atoms with van der Waals surface area (Å²) in [5, 5.41) is 2.76. The third-order valence-electron chi connectivity index (χ3n) is 4.79. The molecule has 1 heterocycles. The number of esters is 1. The van der Waals surface area contributed by atoms with Gasteiger partial charge in [-0.15, -0.1) is 0 Å². The van der Waals surface area contributed by atoms with Crippen LogP contribution in [-0.2, 0) is 14.3 Å². The highest BCUT2D eigenvalue weighted by molar-refractivity contribution is 5.98. The van der Waals surface area contributed by atoms with Crippen LogP contribution in [0.4, 0.5) is 11.4 Å². The Morgan fingerprint density at radius 3 is 2.37 bits per heavy atom. The summed E-state index contributed by atoms with van der Waals surface area (Å²) in [6.07, 6.45) is -0.983. The highest BCUT2D eigenvalue weighted by atomic mass is 16.5. The molecule has 1 N–H and O–H groups in total. The van der Waals surface area contributed by atoms with E-state index in [-0.39, 0.29) is 5.56 Å². The first kappa shape index (κ1) is 21.4. The molecule has 0 spiro atoms. The predicted molar refractivity (Wildman–Crippen MR) is 113 cm³/mol. The fourth-order valence-electron chi connectivity index (χ4n) is 3.07. The summed E-state index contributed by atoms with van der Waals surface area (Å²) in [6.45, 7) is 4.62. The van der Waals surface area contributed by atoms with Gasteiger partial charge in [0.2, 0.25) is 0 Å². The van der Waals surface area contributed by atoms with E-state index >= 15 is 0 Å². The lowest BCUT2D eigenvalue weighted by atomic mass is 10.2. The average Bonchev–Trinajstić information content (AvgIpc) is 2.79. The molecule has 8 nitrogen and oxygen atoms in total. The SMILES string of the molecule is COc1ccc(C(=O)OC(C)C(=O)Nc2ccc(N3CCOCC3)cc2)c(OC)c1. The van der Waals surface area contributed by atoms with Crippen LogP contribution in [0.5, 0.6) is 11.5 Å². The Hall–Kier alpha value is -3.26. The molecule has 30 heavy (non-hydrogen) atoms. The van der Waals surface area contributed by atoms with Crippen LogP contribution in [0.2, 0.25) is 0 Å². The van der Waals surface area contributed by atoms with E-state index in [4.69, 9.17) is 18.9 Å². The first-order chi connectivity index (χ1) is 14.5. The molecule has 0 saturated carbocycles. The Labute approximate surface area is 175 Å². The zero-order valence-electron chi connectivity index (χ0n) is 17.3. The minimum atomic E-state index is -0.983. The van der Waals surface area contributed by atoms with E-state index in [1.54, 1.807) is 12.1 Å². The maximum absolute atomic E-state index is 12.5. The van der Waals surface area contributed by atoms with Crippen LogP contribution < -0.4 is 19.7 Å². The van der Waals surface area contributed by atoms with Crippen LogP contribution in [0, 0.1) is 0 Å². The number of rotatable bonds is 7. The first-order valence-electron chi connectivity index (χ1n) is 9.68. The van der Waals surface area contributed by atoms with Gasteiger partial charge in [-0.1, -0.05) is 0 Å². The van der Waals surface area contributed by atoms with Crippen molar-refractivity contribution in [1.82, 2.24) is 0 Å². The van der Waals surface area contributed by atoms with E-state index in [1.807, 2.05) is 24.3 Å². The maximum atomic E-state index is 12.5. The Kier molecular flexibility index (Phi) is 7.13. The fourth-order valence-corrected chi connectivity index (χ4v) is 3.07. The van der Waals surface area contributed by atoms with Crippen molar-refractivity contribution in [3.8, 4) is 11.5 Å². The Morgan fingerprint density at radius 2 is 1.73 bits per heavy atom. The number of methoxy groups -OCH3 is 2. The highest BCUT2D eigenvalue weighted by Gasteiger charge is 2.22. The van der Waals surface area contributed by atoms with Gasteiger partial charge in [0.05, 0.1) is 27.4 Å². The van der Waals surface area contributed by atoms with E-state index in [1.165, 1.54) is 27.2 Å². The van der Waals surface area contributed by atoms with Crippen molar-refractivity contribution in [3.05, 3.63) is 48.0 Å². The molecule has 0 radical (unpaired) electrons. The first-order valence-corrected chi connectivity index (χ1v) is 9.68. The minimum Gasteiger partial charge on any atom is -0.497 e. The number of nitrogens with one attached hydrogen (secondary N) is 1. The summed E-state index contributed by atoms with van der Waals surface area (Å²) in [4.78, 5) is 27.2.